The van der Waals surface area contributed by atoms with Gasteiger partial charge in [0.2, 0.25) is 0 Å². The molecule has 3 rings (SSSR count). The molecule has 5 heteroatoms. The van der Waals surface area contributed by atoms with Crippen LogP contribution in [0.15, 0.2) is 24.5 Å². The van der Waals surface area contributed by atoms with E-state index in [4.69, 9.17) is 5.73 Å². The van der Waals surface area contributed by atoms with Crippen molar-refractivity contribution >= 4 is 16.7 Å². The van der Waals surface area contributed by atoms with Crippen LogP contribution in [0.25, 0.3) is 22.0 Å². The van der Waals surface area contributed by atoms with Crippen LogP contribution >= 0.6 is 0 Å². The summed E-state index contributed by atoms with van der Waals surface area (Å²) in [6.07, 6.45) is 3.58. The third-order valence-corrected chi connectivity index (χ3v) is 3.52. The van der Waals surface area contributed by atoms with Crippen molar-refractivity contribution in [1.29, 1.82) is 0 Å². The van der Waals surface area contributed by atoms with Crippen molar-refractivity contribution in [2.45, 2.75) is 6.92 Å². The molecule has 0 amide bonds. The van der Waals surface area contributed by atoms with E-state index in [0.717, 1.165) is 22.1 Å². The van der Waals surface area contributed by atoms with Crippen LogP contribution in [0.3, 0.4) is 0 Å². The molecule has 2 N–H and O–H groups in total. The highest BCUT2D eigenvalue weighted by molar-refractivity contribution is 5.90. The Morgan fingerprint density at radius 1 is 1.26 bits per heavy atom. The van der Waals surface area contributed by atoms with Crippen LogP contribution in [0.5, 0.6) is 0 Å². The molecule has 0 fully saturated rings. The number of fused-ring (bicyclic) bond motifs is 1. The number of benzene rings is 1. The second-order valence-corrected chi connectivity index (χ2v) is 4.84. The summed E-state index contributed by atoms with van der Waals surface area (Å²) in [5.41, 5.74) is 9.11. The lowest BCUT2D eigenvalue weighted by atomic mass is 10.0. The van der Waals surface area contributed by atoms with Crippen molar-refractivity contribution in [2.24, 2.45) is 14.1 Å². The zero-order valence-electron chi connectivity index (χ0n) is 11.1. The van der Waals surface area contributed by atoms with Crippen molar-refractivity contribution in [3.8, 4) is 11.1 Å². The average molecular weight is 258 g/mol. The molecule has 98 valence electrons. The smallest absolute Gasteiger partial charge is 0.148 e. The Morgan fingerprint density at radius 3 is 2.63 bits per heavy atom. The molecule has 0 saturated heterocycles. The molecule has 0 atom stereocenters. The minimum Gasteiger partial charge on any atom is -0.383 e. The van der Waals surface area contributed by atoms with Gasteiger partial charge in [-0.3, -0.25) is 4.68 Å². The molecule has 2 aromatic heterocycles. The van der Waals surface area contributed by atoms with Crippen LogP contribution in [0.4, 0.5) is 10.2 Å². The summed E-state index contributed by atoms with van der Waals surface area (Å²) in [5, 5.41) is 5.00. The maximum Gasteiger partial charge on any atom is 0.148 e. The summed E-state index contributed by atoms with van der Waals surface area (Å²) in [6, 6.07) is 3.47. The normalized spacial score (nSPS) is 11.4. The van der Waals surface area contributed by atoms with E-state index in [0.29, 0.717) is 11.3 Å². The quantitative estimate of drug-likeness (QED) is 0.729. The highest BCUT2D eigenvalue weighted by Gasteiger charge is 2.14. The standard InChI is InChI=1S/C14H15FN4/c1-8-7-18(2)13-10(8)4-9(5-12(13)15)11-6-17-19(3)14(11)16/h4-7H,16H2,1-3H3. The highest BCUT2D eigenvalue weighted by atomic mass is 19.1. The van der Waals surface area contributed by atoms with Crippen molar-refractivity contribution in [3.05, 3.63) is 35.9 Å². The number of anilines is 1. The predicted octanol–water partition coefficient (Wildman–Crippen LogP) is 2.61. The fraction of sp³-hybridized carbons (Fsp3) is 0.214. The van der Waals surface area contributed by atoms with Gasteiger partial charge in [-0.25, -0.2) is 4.39 Å². The number of hydrogen-bond acceptors (Lipinski definition) is 2. The van der Waals surface area contributed by atoms with E-state index in [-0.39, 0.29) is 5.82 Å². The third kappa shape index (κ3) is 1.62. The van der Waals surface area contributed by atoms with Gasteiger partial charge in [0.25, 0.3) is 0 Å². The molecule has 0 aliphatic carbocycles. The predicted molar refractivity (Wildman–Crippen MR) is 74.2 cm³/mol. The van der Waals surface area contributed by atoms with Gasteiger partial charge in [-0.1, -0.05) is 0 Å². The molecule has 2 heterocycles. The zero-order valence-corrected chi connectivity index (χ0v) is 11.1. The first kappa shape index (κ1) is 11.8. The number of halogens is 1. The van der Waals surface area contributed by atoms with E-state index >= 15 is 0 Å². The topological polar surface area (TPSA) is 48.8 Å². The summed E-state index contributed by atoms with van der Waals surface area (Å²) < 4.78 is 17.6. The molecule has 19 heavy (non-hydrogen) atoms. The lowest BCUT2D eigenvalue weighted by Gasteiger charge is -2.04. The van der Waals surface area contributed by atoms with Gasteiger partial charge in [-0.2, -0.15) is 5.10 Å². The van der Waals surface area contributed by atoms with E-state index < -0.39 is 0 Å². The SMILES string of the molecule is Cc1cn(C)c2c(F)cc(-c3cnn(C)c3N)cc12. The van der Waals surface area contributed by atoms with E-state index in [2.05, 4.69) is 5.10 Å². The van der Waals surface area contributed by atoms with Gasteiger partial charge in [-0.15, -0.1) is 0 Å². The lowest BCUT2D eigenvalue weighted by Crippen LogP contribution is -1.98. The second-order valence-electron chi connectivity index (χ2n) is 4.84. The first-order chi connectivity index (χ1) is 8.99. The summed E-state index contributed by atoms with van der Waals surface area (Å²) in [4.78, 5) is 0. The van der Waals surface area contributed by atoms with E-state index in [1.54, 1.807) is 22.5 Å². The molecule has 0 radical (unpaired) electrons. The average Bonchev–Trinajstić information content (AvgIpc) is 2.82. The summed E-state index contributed by atoms with van der Waals surface area (Å²) in [7, 11) is 3.61. The molecule has 0 unspecified atom stereocenters. The van der Waals surface area contributed by atoms with Crippen LogP contribution in [-0.2, 0) is 14.1 Å². The van der Waals surface area contributed by atoms with E-state index in [9.17, 15) is 4.39 Å². The van der Waals surface area contributed by atoms with Crippen molar-refractivity contribution in [2.75, 3.05) is 5.73 Å². The summed E-state index contributed by atoms with van der Waals surface area (Å²) in [6.45, 7) is 1.97. The Morgan fingerprint density at radius 2 is 2.00 bits per heavy atom. The fourth-order valence-electron chi connectivity index (χ4n) is 2.51. The van der Waals surface area contributed by atoms with E-state index in [1.165, 1.54) is 6.07 Å². The number of aromatic nitrogens is 3. The molecule has 0 saturated carbocycles. The van der Waals surface area contributed by atoms with Gasteiger partial charge in [0.05, 0.1) is 11.7 Å². The first-order valence-electron chi connectivity index (χ1n) is 6.02. The van der Waals surface area contributed by atoms with E-state index in [1.807, 2.05) is 26.2 Å². The number of hydrogen-bond donors (Lipinski definition) is 1. The molecule has 3 aromatic rings. The number of nitrogen functional groups attached to an aromatic ring is 1. The molecule has 0 aliphatic rings. The molecule has 4 nitrogen and oxygen atoms in total. The Kier molecular flexibility index (Phi) is 2.38. The van der Waals surface area contributed by atoms with Gasteiger partial charge in [0, 0.05) is 31.2 Å². The van der Waals surface area contributed by atoms with Crippen LogP contribution < -0.4 is 5.73 Å². The fourth-order valence-corrected chi connectivity index (χ4v) is 2.51. The monoisotopic (exact) mass is 258 g/mol. The van der Waals surface area contributed by atoms with Crippen LogP contribution in [0, 0.1) is 12.7 Å². The Bertz CT molecular complexity index is 782. The maximum atomic E-state index is 14.3. The maximum absolute atomic E-state index is 14.3. The number of nitrogens with zero attached hydrogens (tertiary/aromatic N) is 3. The zero-order chi connectivity index (χ0) is 13.7. The molecular weight excluding hydrogens is 243 g/mol. The van der Waals surface area contributed by atoms with Gasteiger partial charge in [0.1, 0.15) is 11.6 Å². The minimum absolute atomic E-state index is 0.244. The molecule has 1 aromatic carbocycles. The highest BCUT2D eigenvalue weighted by Crippen LogP contribution is 2.32. The molecule has 0 aliphatic heterocycles. The number of aryl methyl sites for hydroxylation is 3. The first-order valence-corrected chi connectivity index (χ1v) is 6.02. The van der Waals surface area contributed by atoms with Gasteiger partial charge >= 0.3 is 0 Å². The lowest BCUT2D eigenvalue weighted by molar-refractivity contribution is 0.632. The van der Waals surface area contributed by atoms with Gasteiger partial charge in [-0.05, 0) is 30.2 Å². The Hall–Kier alpha value is -2.30. The van der Waals surface area contributed by atoms with Crippen molar-refractivity contribution in [3.63, 3.8) is 0 Å². The van der Waals surface area contributed by atoms with Gasteiger partial charge < -0.3 is 10.3 Å². The summed E-state index contributed by atoms with van der Waals surface area (Å²) >= 11 is 0. The molecular formula is C14H15FN4. The van der Waals surface area contributed by atoms with Crippen molar-refractivity contribution < 1.29 is 4.39 Å². The number of rotatable bonds is 1. The molecule has 0 bridgehead atoms. The van der Waals surface area contributed by atoms with Crippen molar-refractivity contribution in [1.82, 2.24) is 14.3 Å². The van der Waals surface area contributed by atoms with Crippen LogP contribution in [0.2, 0.25) is 0 Å². The molecule has 0 spiro atoms. The summed E-state index contributed by atoms with van der Waals surface area (Å²) in [5.74, 6) is 0.290. The second kappa shape index (κ2) is 3.85. The van der Waals surface area contributed by atoms with Gasteiger partial charge in [0.15, 0.2) is 0 Å². The minimum atomic E-state index is -0.244. The largest absolute Gasteiger partial charge is 0.383 e. The number of nitrogens with two attached hydrogens (primary N) is 1. The Labute approximate surface area is 110 Å². The van der Waals surface area contributed by atoms with Crippen LogP contribution in [0.1, 0.15) is 5.56 Å². The van der Waals surface area contributed by atoms with Crippen LogP contribution in [-0.4, -0.2) is 14.3 Å². The Balaban J connectivity index is 2.32. The third-order valence-electron chi connectivity index (χ3n) is 3.52.